The maximum atomic E-state index is 12.5. The second-order valence-electron chi connectivity index (χ2n) is 2.97. The average molecular weight is 214 g/mol. The molecule has 0 heterocycles. The van der Waals surface area contributed by atoms with Crippen LogP contribution >= 0.6 is 0 Å². The molecule has 1 aromatic rings. The van der Waals surface area contributed by atoms with Crippen molar-refractivity contribution in [2.24, 2.45) is 5.73 Å². The van der Waals surface area contributed by atoms with Crippen LogP contribution in [0.4, 0.5) is 4.39 Å². The van der Waals surface area contributed by atoms with Crippen LogP contribution in [-0.2, 0) is 11.2 Å². The summed E-state index contributed by atoms with van der Waals surface area (Å²) in [6, 6.07) is 4.70. The maximum absolute atomic E-state index is 12.5. The van der Waals surface area contributed by atoms with Crippen LogP contribution in [0, 0.1) is 0 Å². The number of halogens is 1. The zero-order chi connectivity index (χ0) is 13.1. The van der Waals surface area contributed by atoms with Gasteiger partial charge in [-0.05, 0) is 24.1 Å². The summed E-state index contributed by atoms with van der Waals surface area (Å²) in [6.07, 6.45) is 0.137. The van der Waals surface area contributed by atoms with Crippen molar-refractivity contribution in [1.82, 2.24) is 0 Å². The summed E-state index contributed by atoms with van der Waals surface area (Å²) in [6.45, 7) is -3.24. The van der Waals surface area contributed by atoms with Gasteiger partial charge in [-0.25, -0.2) is 4.39 Å². The minimum Gasteiger partial charge on any atom is -0.480 e. The lowest BCUT2D eigenvalue weighted by atomic mass is 10.1. The molecule has 0 aliphatic carbocycles. The Kier molecular flexibility index (Phi) is 3.07. The molecule has 3 N–H and O–H groups in total. The van der Waals surface area contributed by atoms with Crippen LogP contribution in [0.2, 0.25) is 0 Å². The zero-order valence-corrected chi connectivity index (χ0v) is 7.81. The Hall–Kier alpha value is -1.62. The number of aliphatic carboxylic acids is 1. The van der Waals surface area contributed by atoms with Crippen molar-refractivity contribution < 1.29 is 21.8 Å². The summed E-state index contributed by atoms with van der Waals surface area (Å²) in [5, 5.41) is 8.60. The number of hydrogen-bond acceptors (Lipinski definition) is 3. The Balaban J connectivity index is 2.65. The Labute approximate surface area is 89.3 Å². The van der Waals surface area contributed by atoms with E-state index in [9.17, 15) is 9.18 Å². The van der Waals surface area contributed by atoms with Gasteiger partial charge in [0.05, 0.1) is 0 Å². The topological polar surface area (TPSA) is 72.5 Å². The van der Waals surface area contributed by atoms with Gasteiger partial charge in [0.25, 0.3) is 0 Å². The number of carboxylic acids is 1. The first-order valence-corrected chi connectivity index (χ1v) is 4.23. The molecular weight excluding hydrogens is 200 g/mol. The smallest absolute Gasteiger partial charge is 0.320 e. The molecule has 1 aromatic carbocycles. The van der Waals surface area contributed by atoms with Crippen LogP contribution in [-0.4, -0.2) is 23.9 Å². The van der Waals surface area contributed by atoms with Gasteiger partial charge >= 0.3 is 5.97 Å². The third kappa shape index (κ3) is 3.55. The second kappa shape index (κ2) is 5.31. The first-order valence-electron chi connectivity index (χ1n) is 5.23. The van der Waals surface area contributed by atoms with Crippen molar-refractivity contribution in [2.45, 2.75) is 12.5 Å². The Bertz CT molecular complexity index is 392. The second-order valence-corrected chi connectivity index (χ2v) is 2.97. The minimum absolute atomic E-state index is 0.0187. The van der Waals surface area contributed by atoms with Crippen LogP contribution in [0.3, 0.4) is 0 Å². The van der Waals surface area contributed by atoms with E-state index in [0.29, 0.717) is 5.56 Å². The van der Waals surface area contributed by atoms with E-state index in [4.69, 9.17) is 13.6 Å². The lowest BCUT2D eigenvalue weighted by Crippen LogP contribution is -2.32. The van der Waals surface area contributed by atoms with E-state index in [-0.39, 0.29) is 12.2 Å². The molecule has 1 rings (SSSR count). The third-order valence-corrected chi connectivity index (χ3v) is 1.85. The highest BCUT2D eigenvalue weighted by molar-refractivity contribution is 5.73. The van der Waals surface area contributed by atoms with Crippen molar-refractivity contribution >= 4 is 5.97 Å². The number of rotatable bonds is 5. The average Bonchev–Trinajstić information content (AvgIpc) is 2.18. The molecule has 5 heteroatoms. The molecule has 4 nitrogen and oxygen atoms in total. The molecule has 0 saturated heterocycles. The summed E-state index contributed by atoms with van der Waals surface area (Å²) in [7, 11) is 0. The normalized spacial score (nSPS) is 15.1. The van der Waals surface area contributed by atoms with Crippen molar-refractivity contribution in [2.75, 3.05) is 6.81 Å². The fourth-order valence-corrected chi connectivity index (χ4v) is 1.08. The van der Waals surface area contributed by atoms with Gasteiger partial charge < -0.3 is 15.6 Å². The van der Waals surface area contributed by atoms with Crippen LogP contribution < -0.4 is 10.5 Å². The van der Waals surface area contributed by atoms with Crippen molar-refractivity contribution in [3.8, 4) is 5.75 Å². The molecule has 0 unspecified atom stereocenters. The van der Waals surface area contributed by atoms with Gasteiger partial charge in [0, 0.05) is 0 Å². The Morgan fingerprint density at radius 3 is 2.67 bits per heavy atom. The molecule has 0 aliphatic heterocycles. The molecule has 15 heavy (non-hydrogen) atoms. The largest absolute Gasteiger partial charge is 0.480 e. The molecule has 0 bridgehead atoms. The summed E-state index contributed by atoms with van der Waals surface area (Å²) in [5.74, 6) is -1.09. The highest BCUT2D eigenvalue weighted by Crippen LogP contribution is 2.13. The molecule has 0 aromatic heterocycles. The van der Waals surface area contributed by atoms with E-state index in [1.54, 1.807) is 0 Å². The van der Waals surface area contributed by atoms with E-state index >= 15 is 0 Å². The van der Waals surface area contributed by atoms with Crippen molar-refractivity contribution in [3.05, 3.63) is 29.8 Å². The quantitative estimate of drug-likeness (QED) is 0.765. The third-order valence-electron chi connectivity index (χ3n) is 1.85. The summed E-state index contributed by atoms with van der Waals surface area (Å²) >= 11 is 0. The van der Waals surface area contributed by atoms with Gasteiger partial charge in [0.15, 0.2) is 0 Å². The maximum Gasteiger partial charge on any atom is 0.320 e. The van der Waals surface area contributed by atoms with E-state index in [2.05, 4.69) is 4.74 Å². The van der Waals surface area contributed by atoms with Gasteiger partial charge in [-0.15, -0.1) is 0 Å². The standard InChI is InChI=1S/C10H12FNO3/c11-6-15-8-3-1-7(2-4-8)5-9(12)10(13)14/h1-4,9H,5-6,12H2,(H,13,14)/t9-/m0/s1/i6D2,11-1. The van der Waals surface area contributed by atoms with Crippen LogP contribution in [0.1, 0.15) is 8.30 Å². The number of alkyl halides is 1. The molecular formula is C10H12FNO3. The van der Waals surface area contributed by atoms with E-state index in [0.717, 1.165) is 0 Å². The molecule has 82 valence electrons. The van der Waals surface area contributed by atoms with Crippen LogP contribution in [0.15, 0.2) is 24.3 Å². The van der Waals surface area contributed by atoms with Gasteiger partial charge in [-0.3, -0.25) is 4.79 Å². The Morgan fingerprint density at radius 1 is 1.60 bits per heavy atom. The number of benzene rings is 1. The zero-order valence-electron chi connectivity index (χ0n) is 9.81. The lowest BCUT2D eigenvalue weighted by Gasteiger charge is -2.07. The predicted molar refractivity (Wildman–Crippen MR) is 52.4 cm³/mol. The highest BCUT2D eigenvalue weighted by atomic mass is 18.2. The SMILES string of the molecule is [2H]C([2H])([18F])Oc1ccc(C[C@H](N)C(=O)O)cc1. The molecule has 0 fully saturated rings. The molecule has 0 aliphatic rings. The molecule has 0 amide bonds. The van der Waals surface area contributed by atoms with Crippen LogP contribution in [0.25, 0.3) is 0 Å². The van der Waals surface area contributed by atoms with Crippen molar-refractivity contribution in [3.63, 3.8) is 0 Å². The molecule has 0 radical (unpaired) electrons. The van der Waals surface area contributed by atoms with Gasteiger partial charge in [0.1, 0.15) is 14.5 Å². The molecule has 1 atom stereocenters. The van der Waals surface area contributed by atoms with E-state index < -0.39 is 18.8 Å². The van der Waals surface area contributed by atoms with Crippen LogP contribution in [0.5, 0.6) is 5.75 Å². The summed E-state index contributed by atoms with van der Waals surface area (Å²) in [4.78, 5) is 10.5. The summed E-state index contributed by atoms with van der Waals surface area (Å²) < 4.78 is 30.0. The van der Waals surface area contributed by atoms with Gasteiger partial charge in [-0.2, -0.15) is 0 Å². The monoisotopic (exact) mass is 214 g/mol. The lowest BCUT2D eigenvalue weighted by molar-refractivity contribution is -0.138. The van der Waals surface area contributed by atoms with Crippen molar-refractivity contribution in [1.29, 1.82) is 0 Å². The number of ether oxygens (including phenoxy) is 1. The Morgan fingerprint density at radius 2 is 2.20 bits per heavy atom. The van der Waals surface area contributed by atoms with E-state index in [1.807, 2.05) is 0 Å². The first-order chi connectivity index (χ1) is 7.78. The number of hydrogen-bond donors (Lipinski definition) is 2. The number of carboxylic acid groups (broad SMARTS) is 1. The number of carbonyl (C=O) groups is 1. The van der Waals surface area contributed by atoms with Gasteiger partial charge in [0.2, 0.25) is 6.81 Å². The fraction of sp³-hybridized carbons (Fsp3) is 0.300. The van der Waals surface area contributed by atoms with Gasteiger partial charge in [-0.1, -0.05) is 12.1 Å². The predicted octanol–water partition coefficient (Wildman–Crippen LogP) is 0.947. The van der Waals surface area contributed by atoms with E-state index in [1.165, 1.54) is 24.3 Å². The molecule has 0 spiro atoms. The summed E-state index contributed by atoms with van der Waals surface area (Å²) in [5.41, 5.74) is 5.98. The molecule has 0 saturated carbocycles. The number of nitrogens with two attached hydrogens (primary N) is 1. The minimum atomic E-state index is -3.24. The fourth-order valence-electron chi connectivity index (χ4n) is 1.08. The first kappa shape index (κ1) is 8.67. The highest BCUT2D eigenvalue weighted by Gasteiger charge is 2.11.